The fourth-order valence-corrected chi connectivity index (χ4v) is 20.2. The predicted octanol–water partition coefficient (Wildman–Crippen LogP) is 2.53. The molecule has 2 heterocycles. The Kier molecular flexibility index (Phi) is 33.8. The van der Waals surface area contributed by atoms with Gasteiger partial charge in [0.1, 0.15) is 9.79 Å². The van der Waals surface area contributed by atoms with E-state index in [0.717, 1.165) is 90.0 Å². The number of aromatic nitrogens is 6. The van der Waals surface area contributed by atoms with E-state index in [2.05, 4.69) is 72.4 Å². The van der Waals surface area contributed by atoms with Crippen molar-refractivity contribution in [2.24, 2.45) is 45.9 Å². The van der Waals surface area contributed by atoms with Gasteiger partial charge in [-0.2, -0.15) is 64.0 Å². The number of carboxylic acid groups (broad SMARTS) is 2. The zero-order valence-corrected chi connectivity index (χ0v) is 76.7. The molecule has 0 fully saturated rings. The highest BCUT2D eigenvalue weighted by atomic mass is 32.2. The number of anilines is 16. The molecule has 58 heteroatoms. The maximum absolute atomic E-state index is 14.1. The summed E-state index contributed by atoms with van der Waals surface area (Å²) in [6.07, 6.45) is -3.57. The smallest absolute Gasteiger partial charge is 0.336 e. The minimum absolute atomic E-state index is 0.0367. The molecule has 138 heavy (non-hydrogen) atoms. The second-order valence-electron chi connectivity index (χ2n) is 29.6. The van der Waals surface area contributed by atoms with Crippen LogP contribution in [0.3, 0.4) is 0 Å². The number of benzene rings is 8. The average Bonchev–Trinajstić information content (AvgIpc) is 0.781. The van der Waals surface area contributed by atoms with E-state index in [1.54, 1.807) is 0 Å². The minimum atomic E-state index is -5.32. The number of amides is 8. The van der Waals surface area contributed by atoms with Crippen LogP contribution < -0.4 is 88.4 Å². The van der Waals surface area contributed by atoms with Gasteiger partial charge in [0.25, 0.3) is 20.2 Å². The van der Waals surface area contributed by atoms with Crippen molar-refractivity contribution >= 4 is 212 Å². The number of nitrogens with one attached hydrogen (secondary N) is 8. The molecule has 0 unspecified atom stereocenters. The molecule has 10 rings (SSSR count). The lowest BCUT2D eigenvalue weighted by atomic mass is 9.94. The third-order valence-electron chi connectivity index (χ3n) is 19.4. The van der Waals surface area contributed by atoms with Crippen molar-refractivity contribution in [3.05, 3.63) is 181 Å². The number of aromatic carboxylic acids is 2. The van der Waals surface area contributed by atoms with E-state index in [1.807, 2.05) is 0 Å². The fourth-order valence-electron chi connectivity index (χ4n) is 12.9. The van der Waals surface area contributed by atoms with Gasteiger partial charge in [-0.1, -0.05) is 36.4 Å². The van der Waals surface area contributed by atoms with E-state index in [1.165, 1.54) is 97.1 Å². The highest BCUT2D eigenvalue weighted by molar-refractivity contribution is 7.90. The van der Waals surface area contributed by atoms with Gasteiger partial charge in [0, 0.05) is 149 Å². The van der Waals surface area contributed by atoms with Crippen molar-refractivity contribution in [1.29, 1.82) is 0 Å². The lowest BCUT2D eigenvalue weighted by Gasteiger charge is -2.21. The topological polar surface area (TPSA) is 851 Å². The summed E-state index contributed by atoms with van der Waals surface area (Å²) in [5.74, 6) is -12.8. The second kappa shape index (κ2) is 44.7. The minimum Gasteiger partial charge on any atom is -0.478 e. The number of nitrogens with two attached hydrogens (primary N) is 8. The number of primary amides is 8. The van der Waals surface area contributed by atoms with Crippen molar-refractivity contribution in [1.82, 2.24) is 47.1 Å². The molecule has 0 saturated heterocycles. The lowest BCUT2D eigenvalue weighted by molar-refractivity contribution is -0.119. The maximum atomic E-state index is 14.1. The zero-order chi connectivity index (χ0) is 101. The molecule has 0 spiro atoms. The van der Waals surface area contributed by atoms with Crippen molar-refractivity contribution in [3.63, 3.8) is 0 Å². The van der Waals surface area contributed by atoms with Gasteiger partial charge in [0.2, 0.25) is 123 Å². The van der Waals surface area contributed by atoms with Crippen LogP contribution in [-0.4, -0.2) is 229 Å². The predicted molar refractivity (Wildman–Crippen MR) is 496 cm³/mol. The molecule has 0 radical (unpaired) electrons. The summed E-state index contributed by atoms with van der Waals surface area (Å²) in [5, 5.41) is 43.8. The van der Waals surface area contributed by atoms with Crippen molar-refractivity contribution < 1.29 is 118 Å². The van der Waals surface area contributed by atoms with Gasteiger partial charge in [0.05, 0.1) is 42.1 Å². The first-order valence-electron chi connectivity index (χ1n) is 40.1. The van der Waals surface area contributed by atoms with Crippen LogP contribution >= 0.6 is 0 Å². The molecule has 730 valence electrons. The summed E-state index contributed by atoms with van der Waals surface area (Å²) in [6, 6.07) is 32.9. The van der Waals surface area contributed by atoms with Gasteiger partial charge in [0.15, 0.2) is 0 Å². The monoisotopic (exact) mass is 2020 g/mol. The highest BCUT2D eigenvalue weighted by Gasteiger charge is 2.33. The summed E-state index contributed by atoms with van der Waals surface area (Å²) in [5.41, 5.74) is 39.0. The first-order valence-corrected chi connectivity index (χ1v) is 48.8. The number of rotatable bonds is 53. The van der Waals surface area contributed by atoms with E-state index in [4.69, 9.17) is 45.9 Å². The molecule has 52 nitrogen and oxygen atoms in total. The third-order valence-corrected chi connectivity index (χ3v) is 28.8. The first-order chi connectivity index (χ1) is 64.8. The van der Waals surface area contributed by atoms with Crippen molar-refractivity contribution in [2.75, 3.05) is 94.9 Å². The molecule has 8 aromatic carbocycles. The van der Waals surface area contributed by atoms with Crippen molar-refractivity contribution in [3.8, 4) is 11.1 Å². The Labute approximate surface area is 785 Å². The molecule has 0 aliphatic rings. The Morgan fingerprint density at radius 3 is 0.630 bits per heavy atom. The van der Waals surface area contributed by atoms with Crippen LogP contribution in [0.4, 0.5) is 92.6 Å². The lowest BCUT2D eigenvalue weighted by Crippen LogP contribution is -2.36. The van der Waals surface area contributed by atoms with Crippen LogP contribution in [-0.2, 0) is 98.7 Å². The standard InChI is InChI=1S/C80H88N26O26S6/c81-65(107)21-29-103(30-22-66(82)108)133(119,120)53-9-1-5-45(37-53)91-75-97-76(92-46-6-2-10-54(38-46)134(121,122)104(31-23-67(83)109)32-24-68(84)110)100-79(99-75)95-51-15-19-61(63(43-51)137(127,128)129)89-49-13-17-57(59(41-49)73(115)116)58-18-14-50(42-60(58)74(117)118)90-62-20-16-52(44-64(62)138(130,131)132)96-80-101-77(93-47-7-3-11-55(39-47)135(123,124)105(33-25-69(85)111)34-26-70(86)112)98-78(102-80)94-48-8-4-12-56(40-48)136(125,126)106(35-27-71(87)113)36-28-72(88)114/h1-20,37-44,89-90H,21-36H2,(H2,81,107)(H2,82,108)(H2,83,109)(H2,84,110)(H2,85,111)(H2,86,112)(H2,87,113)(H2,88,114)(H,115,116)(H,117,118)(H,127,128,129)(H,130,131,132)(H3,91,92,95,97,99,100)(H3,93,94,96,98,101,102). The van der Waals surface area contributed by atoms with E-state index in [9.17, 15) is 118 Å². The SMILES string of the molecule is NC(=O)CCN(CCC(N)=O)S(=O)(=O)c1cccc(Nc2nc(Nc3cccc(S(=O)(=O)N(CCC(N)=O)CCC(N)=O)c3)nc(Nc3ccc(Nc4ccc(-c5ccc(Nc6ccc(Nc7nc(Nc8cccc(S(=O)(=O)N(CCC(N)=O)CCC(N)=O)c8)nc(Nc8cccc(S(=O)(=O)N(CCC(N)=O)CCC(N)=O)c8)n7)cc6S(=O)(=O)O)cc5C(=O)O)c(C(=O)O)c4)c(S(=O)(=O)O)c3)n2)c1. The van der Waals surface area contributed by atoms with Crippen LogP contribution in [0, 0.1) is 0 Å². The second-order valence-corrected chi connectivity index (χ2v) is 40.1. The quantitative estimate of drug-likeness (QED) is 0.0244. The van der Waals surface area contributed by atoms with Gasteiger partial charge < -0.3 is 98.6 Å². The molecule has 0 saturated carbocycles. The Bertz CT molecular complexity index is 6440. The molecular formula is C80H88N26O26S6. The summed E-state index contributed by atoms with van der Waals surface area (Å²) in [6.45, 7) is -3.61. The molecule has 0 aliphatic heterocycles. The molecule has 28 N–H and O–H groups in total. The zero-order valence-electron chi connectivity index (χ0n) is 71.8. The molecule has 0 bridgehead atoms. The molecule has 0 aliphatic carbocycles. The van der Waals surface area contributed by atoms with Gasteiger partial charge >= 0.3 is 11.9 Å². The fraction of sp³-hybridized carbons (Fsp3) is 0.200. The normalized spacial score (nSPS) is 11.9. The van der Waals surface area contributed by atoms with Gasteiger partial charge in [-0.25, -0.2) is 43.3 Å². The summed E-state index contributed by atoms with van der Waals surface area (Å²) in [7, 11) is -28.8. The maximum Gasteiger partial charge on any atom is 0.336 e. The summed E-state index contributed by atoms with van der Waals surface area (Å²) >= 11 is 0. The number of carbonyl (C=O) groups is 10. The first kappa shape index (κ1) is 104. The Hall–Kier alpha value is -15.7. The van der Waals surface area contributed by atoms with Crippen LogP contribution in [0.15, 0.2) is 199 Å². The third kappa shape index (κ3) is 28.7. The highest BCUT2D eigenvalue weighted by Crippen LogP contribution is 2.39. The average molecular weight is 2020 g/mol. The van der Waals surface area contributed by atoms with Crippen LogP contribution in [0.2, 0.25) is 0 Å². The largest absolute Gasteiger partial charge is 0.478 e. The van der Waals surface area contributed by atoms with Crippen LogP contribution in [0.5, 0.6) is 0 Å². The number of hydrogen-bond acceptors (Lipinski definition) is 36. The molecule has 8 amide bonds. The Morgan fingerprint density at radius 1 is 0.254 bits per heavy atom. The number of carboxylic acids is 2. The van der Waals surface area contributed by atoms with Crippen molar-refractivity contribution in [2.45, 2.75) is 80.7 Å². The number of hydrogen-bond donors (Lipinski definition) is 20. The van der Waals surface area contributed by atoms with E-state index in [-0.39, 0.29) is 56.6 Å². The van der Waals surface area contributed by atoms with Crippen LogP contribution in [0.25, 0.3) is 11.1 Å². The molecule has 2 aromatic heterocycles. The van der Waals surface area contributed by atoms with E-state index in [0.29, 0.717) is 0 Å². The van der Waals surface area contributed by atoms with E-state index < -0.39 is 311 Å². The Balaban J connectivity index is 0.946. The summed E-state index contributed by atoms with van der Waals surface area (Å²) < 4.78 is 191. The number of carbonyl (C=O) groups excluding carboxylic acids is 8. The summed E-state index contributed by atoms with van der Waals surface area (Å²) in [4.78, 5) is 144. The van der Waals surface area contributed by atoms with Gasteiger partial charge in [-0.05, 0) is 145 Å². The molecular weight excluding hydrogens is 1930 g/mol. The van der Waals surface area contributed by atoms with Gasteiger partial charge in [-0.3, -0.25) is 47.5 Å². The van der Waals surface area contributed by atoms with Crippen LogP contribution in [0.1, 0.15) is 72.1 Å². The molecule has 0 atom stereocenters. The van der Waals surface area contributed by atoms with Gasteiger partial charge in [-0.15, -0.1) is 0 Å². The Morgan fingerprint density at radius 2 is 0.442 bits per heavy atom. The van der Waals surface area contributed by atoms with E-state index >= 15 is 0 Å². The number of sulfonamides is 4. The molecule has 10 aromatic rings. The number of nitrogens with zero attached hydrogens (tertiary/aromatic N) is 10.